The van der Waals surface area contributed by atoms with Crippen LogP contribution in [0, 0.1) is 5.82 Å². The summed E-state index contributed by atoms with van der Waals surface area (Å²) >= 11 is 0. The number of carbonyl (C=O) groups excluding carboxylic acids is 1. The van der Waals surface area contributed by atoms with Gasteiger partial charge in [-0.15, -0.1) is 0 Å². The van der Waals surface area contributed by atoms with Crippen molar-refractivity contribution in [1.29, 1.82) is 0 Å². The first kappa shape index (κ1) is 16.7. The lowest BCUT2D eigenvalue weighted by Gasteiger charge is -2.23. The molecule has 1 saturated carbocycles. The molecular formula is C20H23FN2O. The van der Waals surface area contributed by atoms with Crippen molar-refractivity contribution in [3.63, 3.8) is 0 Å². The SMILES string of the molecule is CC(NC(=O)CN(Cc1ccc(F)cc1)C1CC1)c1ccccc1. The molecule has 0 heterocycles. The minimum Gasteiger partial charge on any atom is -0.348 e. The second-order valence-corrected chi connectivity index (χ2v) is 6.46. The Morgan fingerprint density at radius 2 is 1.83 bits per heavy atom. The van der Waals surface area contributed by atoms with Crippen molar-refractivity contribution >= 4 is 5.91 Å². The maximum absolute atomic E-state index is 13.0. The van der Waals surface area contributed by atoms with Crippen molar-refractivity contribution in [1.82, 2.24) is 10.2 Å². The van der Waals surface area contributed by atoms with Gasteiger partial charge in [0, 0.05) is 12.6 Å². The average molecular weight is 326 g/mol. The van der Waals surface area contributed by atoms with Gasteiger partial charge in [-0.3, -0.25) is 9.69 Å². The van der Waals surface area contributed by atoms with Gasteiger partial charge in [0.25, 0.3) is 0 Å². The van der Waals surface area contributed by atoms with E-state index in [9.17, 15) is 9.18 Å². The first-order valence-corrected chi connectivity index (χ1v) is 8.44. The lowest BCUT2D eigenvalue weighted by Crippen LogP contribution is -2.39. The van der Waals surface area contributed by atoms with Crippen molar-refractivity contribution < 1.29 is 9.18 Å². The monoisotopic (exact) mass is 326 g/mol. The van der Waals surface area contributed by atoms with Gasteiger partial charge in [0.05, 0.1) is 12.6 Å². The van der Waals surface area contributed by atoms with E-state index in [1.54, 1.807) is 12.1 Å². The predicted octanol–water partition coefficient (Wildman–Crippen LogP) is 3.67. The van der Waals surface area contributed by atoms with Crippen LogP contribution in [0.1, 0.15) is 36.9 Å². The summed E-state index contributed by atoms with van der Waals surface area (Å²) in [5.74, 6) is -0.202. The Morgan fingerprint density at radius 1 is 1.17 bits per heavy atom. The standard InChI is InChI=1S/C20H23FN2O/c1-15(17-5-3-2-4-6-17)22-20(24)14-23(19-11-12-19)13-16-7-9-18(21)10-8-16/h2-10,15,19H,11-14H2,1H3,(H,22,24). The molecule has 0 bridgehead atoms. The lowest BCUT2D eigenvalue weighted by molar-refractivity contribution is -0.123. The fraction of sp³-hybridized carbons (Fsp3) is 0.350. The number of carbonyl (C=O) groups is 1. The predicted molar refractivity (Wildman–Crippen MR) is 92.8 cm³/mol. The molecule has 2 aromatic rings. The highest BCUT2D eigenvalue weighted by molar-refractivity contribution is 5.78. The summed E-state index contributed by atoms with van der Waals surface area (Å²) < 4.78 is 13.0. The molecule has 0 saturated heterocycles. The Bertz CT molecular complexity index is 668. The van der Waals surface area contributed by atoms with E-state index in [4.69, 9.17) is 0 Å². The van der Waals surface area contributed by atoms with E-state index in [1.807, 2.05) is 37.3 Å². The molecule has 2 aromatic carbocycles. The summed E-state index contributed by atoms with van der Waals surface area (Å²) in [5.41, 5.74) is 2.13. The summed E-state index contributed by atoms with van der Waals surface area (Å²) in [7, 11) is 0. The molecule has 3 rings (SSSR count). The molecule has 0 radical (unpaired) electrons. The van der Waals surface area contributed by atoms with Gasteiger partial charge in [-0.2, -0.15) is 0 Å². The molecule has 0 aliphatic heterocycles. The van der Waals surface area contributed by atoms with E-state index in [-0.39, 0.29) is 17.8 Å². The van der Waals surface area contributed by atoms with Crippen LogP contribution in [0.25, 0.3) is 0 Å². The zero-order valence-electron chi connectivity index (χ0n) is 13.9. The van der Waals surface area contributed by atoms with Crippen LogP contribution in [0.5, 0.6) is 0 Å². The first-order chi connectivity index (χ1) is 11.6. The molecule has 1 aliphatic rings. The lowest BCUT2D eigenvalue weighted by atomic mass is 10.1. The van der Waals surface area contributed by atoms with Gasteiger partial charge in [0.1, 0.15) is 5.82 Å². The van der Waals surface area contributed by atoms with Gasteiger partial charge in [-0.1, -0.05) is 42.5 Å². The number of rotatable bonds is 7. The summed E-state index contributed by atoms with van der Waals surface area (Å²) in [4.78, 5) is 14.6. The molecule has 126 valence electrons. The van der Waals surface area contributed by atoms with E-state index in [1.165, 1.54) is 12.1 Å². The van der Waals surface area contributed by atoms with Crippen LogP contribution < -0.4 is 5.32 Å². The van der Waals surface area contributed by atoms with Gasteiger partial charge in [0.15, 0.2) is 0 Å². The quantitative estimate of drug-likeness (QED) is 0.842. The van der Waals surface area contributed by atoms with Crippen LogP contribution in [0.15, 0.2) is 54.6 Å². The fourth-order valence-corrected chi connectivity index (χ4v) is 2.87. The number of amides is 1. The Hall–Kier alpha value is -2.20. The highest BCUT2D eigenvalue weighted by Crippen LogP contribution is 2.28. The van der Waals surface area contributed by atoms with Crippen LogP contribution in [0.2, 0.25) is 0 Å². The number of nitrogens with one attached hydrogen (secondary N) is 1. The number of nitrogens with zero attached hydrogens (tertiary/aromatic N) is 1. The molecule has 24 heavy (non-hydrogen) atoms. The molecule has 0 spiro atoms. The molecule has 3 nitrogen and oxygen atoms in total. The Labute approximate surface area is 142 Å². The minimum absolute atomic E-state index is 0.00873. The minimum atomic E-state index is -0.230. The first-order valence-electron chi connectivity index (χ1n) is 8.44. The van der Waals surface area contributed by atoms with Crippen LogP contribution in [-0.2, 0) is 11.3 Å². The molecule has 1 aliphatic carbocycles. The molecule has 1 unspecified atom stereocenters. The largest absolute Gasteiger partial charge is 0.348 e. The van der Waals surface area contributed by atoms with Gasteiger partial charge in [0.2, 0.25) is 5.91 Å². The molecule has 4 heteroatoms. The second kappa shape index (κ2) is 7.58. The summed E-state index contributed by atoms with van der Waals surface area (Å²) in [6.45, 7) is 3.05. The van der Waals surface area contributed by atoms with Gasteiger partial charge in [-0.25, -0.2) is 4.39 Å². The van der Waals surface area contributed by atoms with Gasteiger partial charge >= 0.3 is 0 Å². The van der Waals surface area contributed by atoms with Crippen LogP contribution in [0.4, 0.5) is 4.39 Å². The fourth-order valence-electron chi connectivity index (χ4n) is 2.87. The Kier molecular flexibility index (Phi) is 5.26. The Balaban J connectivity index is 1.57. The van der Waals surface area contributed by atoms with Crippen molar-refractivity contribution in [3.8, 4) is 0 Å². The van der Waals surface area contributed by atoms with Gasteiger partial charge < -0.3 is 5.32 Å². The van der Waals surface area contributed by atoms with E-state index in [0.29, 0.717) is 19.1 Å². The normalized spacial score (nSPS) is 15.3. The van der Waals surface area contributed by atoms with Crippen molar-refractivity contribution in [2.45, 2.75) is 38.4 Å². The molecule has 1 fully saturated rings. The average Bonchev–Trinajstić information content (AvgIpc) is 3.42. The summed E-state index contributed by atoms with van der Waals surface area (Å²) in [6.07, 6.45) is 2.26. The third kappa shape index (κ3) is 4.65. The van der Waals surface area contributed by atoms with Crippen molar-refractivity contribution in [3.05, 3.63) is 71.5 Å². The Morgan fingerprint density at radius 3 is 2.46 bits per heavy atom. The number of benzene rings is 2. The number of hydrogen-bond acceptors (Lipinski definition) is 2. The maximum Gasteiger partial charge on any atom is 0.234 e. The van der Waals surface area contributed by atoms with Crippen LogP contribution in [0.3, 0.4) is 0 Å². The molecule has 0 aromatic heterocycles. The highest BCUT2D eigenvalue weighted by atomic mass is 19.1. The van der Waals surface area contributed by atoms with E-state index in [0.717, 1.165) is 24.0 Å². The van der Waals surface area contributed by atoms with Crippen LogP contribution >= 0.6 is 0 Å². The molecular weight excluding hydrogens is 303 g/mol. The third-order valence-electron chi connectivity index (χ3n) is 4.39. The number of halogens is 1. The molecule has 1 atom stereocenters. The number of hydrogen-bond donors (Lipinski definition) is 1. The summed E-state index contributed by atoms with van der Waals surface area (Å²) in [6, 6.07) is 16.9. The van der Waals surface area contributed by atoms with Crippen molar-refractivity contribution in [2.24, 2.45) is 0 Å². The summed E-state index contributed by atoms with van der Waals surface area (Å²) in [5, 5.41) is 3.06. The molecule has 1 N–H and O–H groups in total. The maximum atomic E-state index is 13.0. The van der Waals surface area contributed by atoms with Crippen LogP contribution in [-0.4, -0.2) is 23.4 Å². The van der Waals surface area contributed by atoms with Crippen molar-refractivity contribution in [2.75, 3.05) is 6.54 Å². The second-order valence-electron chi connectivity index (χ2n) is 6.46. The third-order valence-corrected chi connectivity index (χ3v) is 4.39. The van der Waals surface area contributed by atoms with E-state index < -0.39 is 0 Å². The zero-order chi connectivity index (χ0) is 16.9. The topological polar surface area (TPSA) is 32.3 Å². The highest BCUT2D eigenvalue weighted by Gasteiger charge is 2.30. The zero-order valence-corrected chi connectivity index (χ0v) is 13.9. The molecule has 1 amide bonds. The van der Waals surface area contributed by atoms with Gasteiger partial charge in [-0.05, 0) is 43.0 Å². The van der Waals surface area contributed by atoms with E-state index in [2.05, 4.69) is 10.2 Å². The smallest absolute Gasteiger partial charge is 0.234 e. The van der Waals surface area contributed by atoms with E-state index >= 15 is 0 Å².